The van der Waals surface area contributed by atoms with Crippen LogP contribution in [-0.4, -0.2) is 5.91 Å². The third-order valence-electron chi connectivity index (χ3n) is 2.68. The number of alkyl halides is 3. The van der Waals surface area contributed by atoms with Crippen LogP contribution in [0, 0.1) is 0 Å². The first-order valence-corrected chi connectivity index (χ1v) is 5.58. The quantitative estimate of drug-likeness (QED) is 0.496. The highest BCUT2D eigenvalue weighted by Gasteiger charge is 2.36. The van der Waals surface area contributed by atoms with Crippen molar-refractivity contribution in [1.29, 1.82) is 0 Å². The molecule has 1 unspecified atom stereocenters. The van der Waals surface area contributed by atoms with Gasteiger partial charge in [-0.05, 0) is 18.1 Å². The fraction of sp³-hybridized carbons (Fsp3) is 0.417. The fourth-order valence-electron chi connectivity index (χ4n) is 1.88. The Kier molecular flexibility index (Phi) is 4.72. The van der Waals surface area contributed by atoms with Gasteiger partial charge in [0.15, 0.2) is 0 Å². The van der Waals surface area contributed by atoms with Gasteiger partial charge >= 0.3 is 6.18 Å². The average molecular weight is 260 g/mol. The zero-order chi connectivity index (χ0) is 13.8. The zero-order valence-electron chi connectivity index (χ0n) is 9.92. The standard InChI is InChI=1S/C12H15F3N2O/c1-2-5-9(11(18)17-16)8-6-3-4-7-10(8)12(13,14)15/h3-4,6-7,9H,2,5,16H2,1H3,(H,17,18). The number of benzene rings is 1. The molecule has 1 aromatic carbocycles. The maximum Gasteiger partial charge on any atom is 0.416 e. The Hall–Kier alpha value is -1.56. The van der Waals surface area contributed by atoms with Crippen LogP contribution < -0.4 is 11.3 Å². The normalized spacial score (nSPS) is 13.2. The number of hydrazine groups is 1. The predicted octanol–water partition coefficient (Wildman–Crippen LogP) is 2.58. The van der Waals surface area contributed by atoms with Gasteiger partial charge in [-0.25, -0.2) is 5.84 Å². The van der Waals surface area contributed by atoms with E-state index >= 15 is 0 Å². The van der Waals surface area contributed by atoms with Gasteiger partial charge in [0.25, 0.3) is 0 Å². The summed E-state index contributed by atoms with van der Waals surface area (Å²) in [5.74, 6) is 3.54. The van der Waals surface area contributed by atoms with Gasteiger partial charge in [-0.1, -0.05) is 31.5 Å². The molecule has 1 aromatic rings. The lowest BCUT2D eigenvalue weighted by atomic mass is 9.89. The SMILES string of the molecule is CCCC(C(=O)NN)c1ccccc1C(F)(F)F. The van der Waals surface area contributed by atoms with Gasteiger partial charge in [0, 0.05) is 0 Å². The van der Waals surface area contributed by atoms with Gasteiger partial charge in [-0.2, -0.15) is 13.2 Å². The summed E-state index contributed by atoms with van der Waals surface area (Å²) in [6, 6.07) is 5.08. The minimum absolute atomic E-state index is 0.0326. The molecule has 0 fully saturated rings. The van der Waals surface area contributed by atoms with Crippen molar-refractivity contribution in [1.82, 2.24) is 5.43 Å². The fourth-order valence-corrected chi connectivity index (χ4v) is 1.88. The maximum absolute atomic E-state index is 12.9. The molecule has 0 heterocycles. The van der Waals surface area contributed by atoms with Crippen LogP contribution in [0.3, 0.4) is 0 Å². The number of nitrogens with two attached hydrogens (primary N) is 1. The molecule has 0 radical (unpaired) electrons. The van der Waals surface area contributed by atoms with E-state index < -0.39 is 23.6 Å². The van der Waals surface area contributed by atoms with Crippen molar-refractivity contribution < 1.29 is 18.0 Å². The Morgan fingerprint density at radius 1 is 1.39 bits per heavy atom. The summed E-state index contributed by atoms with van der Waals surface area (Å²) >= 11 is 0. The highest BCUT2D eigenvalue weighted by Crippen LogP contribution is 2.36. The smallest absolute Gasteiger partial charge is 0.294 e. The van der Waals surface area contributed by atoms with Crippen molar-refractivity contribution in [2.75, 3.05) is 0 Å². The molecule has 6 heteroatoms. The first kappa shape index (κ1) is 14.5. The number of carbonyl (C=O) groups is 1. The van der Waals surface area contributed by atoms with Crippen molar-refractivity contribution >= 4 is 5.91 Å². The number of amides is 1. The number of hydrogen-bond acceptors (Lipinski definition) is 2. The van der Waals surface area contributed by atoms with Crippen LogP contribution in [0.25, 0.3) is 0 Å². The van der Waals surface area contributed by atoms with Gasteiger partial charge < -0.3 is 0 Å². The Morgan fingerprint density at radius 3 is 2.50 bits per heavy atom. The van der Waals surface area contributed by atoms with Gasteiger partial charge in [-0.3, -0.25) is 10.2 Å². The molecule has 0 spiro atoms. The molecule has 3 N–H and O–H groups in total. The van der Waals surface area contributed by atoms with Crippen LogP contribution in [0.4, 0.5) is 13.2 Å². The molecule has 0 aliphatic rings. The second-order valence-corrected chi connectivity index (χ2v) is 3.93. The third kappa shape index (κ3) is 3.22. The van der Waals surface area contributed by atoms with Crippen LogP contribution >= 0.6 is 0 Å². The van der Waals surface area contributed by atoms with Gasteiger partial charge in [0.2, 0.25) is 5.91 Å². The summed E-state index contributed by atoms with van der Waals surface area (Å²) in [7, 11) is 0. The molecule has 0 aliphatic heterocycles. The summed E-state index contributed by atoms with van der Waals surface area (Å²) in [4.78, 5) is 11.6. The number of hydrogen-bond donors (Lipinski definition) is 2. The van der Waals surface area contributed by atoms with Gasteiger partial charge in [-0.15, -0.1) is 0 Å². The lowest BCUT2D eigenvalue weighted by molar-refractivity contribution is -0.138. The van der Waals surface area contributed by atoms with E-state index in [2.05, 4.69) is 0 Å². The van der Waals surface area contributed by atoms with Crippen LogP contribution in [-0.2, 0) is 11.0 Å². The summed E-state index contributed by atoms with van der Waals surface area (Å²) < 4.78 is 38.6. The molecular formula is C12H15F3N2O. The molecule has 100 valence electrons. The first-order valence-electron chi connectivity index (χ1n) is 5.58. The Morgan fingerprint density at radius 2 is 2.00 bits per heavy atom. The lowest BCUT2D eigenvalue weighted by Crippen LogP contribution is -2.35. The molecule has 0 saturated carbocycles. The highest BCUT2D eigenvalue weighted by atomic mass is 19.4. The molecule has 1 amide bonds. The van der Waals surface area contributed by atoms with E-state index in [9.17, 15) is 18.0 Å². The molecule has 3 nitrogen and oxygen atoms in total. The molecule has 0 aliphatic carbocycles. The molecule has 0 bridgehead atoms. The molecule has 18 heavy (non-hydrogen) atoms. The molecular weight excluding hydrogens is 245 g/mol. The average Bonchev–Trinajstić information content (AvgIpc) is 2.34. The highest BCUT2D eigenvalue weighted by molar-refractivity contribution is 5.83. The van der Waals surface area contributed by atoms with Crippen molar-refractivity contribution in [3.8, 4) is 0 Å². The van der Waals surface area contributed by atoms with E-state index in [-0.39, 0.29) is 5.56 Å². The number of nitrogens with one attached hydrogen (secondary N) is 1. The Bertz CT molecular complexity index is 418. The van der Waals surface area contributed by atoms with E-state index in [1.54, 1.807) is 6.92 Å². The number of rotatable bonds is 4. The maximum atomic E-state index is 12.9. The van der Waals surface area contributed by atoms with Gasteiger partial charge in [0.05, 0.1) is 11.5 Å². The zero-order valence-corrected chi connectivity index (χ0v) is 9.92. The van der Waals surface area contributed by atoms with Crippen molar-refractivity contribution in [3.63, 3.8) is 0 Å². The molecule has 1 atom stereocenters. The number of halogens is 3. The van der Waals surface area contributed by atoms with Crippen LogP contribution in [0.1, 0.15) is 36.8 Å². The Balaban J connectivity index is 3.24. The minimum Gasteiger partial charge on any atom is -0.294 e. The van der Waals surface area contributed by atoms with Crippen molar-refractivity contribution in [2.45, 2.75) is 31.9 Å². The topological polar surface area (TPSA) is 55.1 Å². The summed E-state index contributed by atoms with van der Waals surface area (Å²) in [6.45, 7) is 1.80. The van der Waals surface area contributed by atoms with Gasteiger partial charge in [0.1, 0.15) is 0 Å². The molecule has 0 aromatic heterocycles. The number of carbonyl (C=O) groups excluding carboxylic acids is 1. The lowest BCUT2D eigenvalue weighted by Gasteiger charge is -2.19. The molecule has 0 saturated heterocycles. The van der Waals surface area contributed by atoms with E-state index in [0.29, 0.717) is 12.8 Å². The largest absolute Gasteiger partial charge is 0.416 e. The van der Waals surface area contributed by atoms with E-state index in [4.69, 9.17) is 5.84 Å². The second-order valence-electron chi connectivity index (χ2n) is 3.93. The van der Waals surface area contributed by atoms with E-state index in [0.717, 1.165) is 6.07 Å². The minimum atomic E-state index is -4.47. The monoisotopic (exact) mass is 260 g/mol. The predicted molar refractivity (Wildman–Crippen MR) is 61.4 cm³/mol. The Labute approximate surface area is 103 Å². The first-order chi connectivity index (χ1) is 8.41. The van der Waals surface area contributed by atoms with Crippen molar-refractivity contribution in [3.05, 3.63) is 35.4 Å². The second kappa shape index (κ2) is 5.86. The molecule has 1 rings (SSSR count). The third-order valence-corrected chi connectivity index (χ3v) is 2.68. The summed E-state index contributed by atoms with van der Waals surface area (Å²) in [5.41, 5.74) is 1.10. The van der Waals surface area contributed by atoms with Crippen LogP contribution in [0.5, 0.6) is 0 Å². The van der Waals surface area contributed by atoms with Crippen LogP contribution in [0.2, 0.25) is 0 Å². The van der Waals surface area contributed by atoms with E-state index in [1.165, 1.54) is 18.2 Å². The van der Waals surface area contributed by atoms with Crippen molar-refractivity contribution in [2.24, 2.45) is 5.84 Å². The summed E-state index contributed by atoms with van der Waals surface area (Å²) in [5, 5.41) is 0. The van der Waals surface area contributed by atoms with E-state index in [1.807, 2.05) is 5.43 Å². The summed E-state index contributed by atoms with van der Waals surface area (Å²) in [6.07, 6.45) is -3.57. The van der Waals surface area contributed by atoms with Crippen LogP contribution in [0.15, 0.2) is 24.3 Å².